The Morgan fingerprint density at radius 2 is 1.95 bits per heavy atom. The molecule has 2 rings (SSSR count). The van der Waals surface area contributed by atoms with Gasteiger partial charge >= 0.3 is 0 Å². The monoisotopic (exact) mass is 268 g/mol. The van der Waals surface area contributed by atoms with E-state index in [-0.39, 0.29) is 0 Å². The molecule has 1 heterocycles. The lowest BCUT2D eigenvalue weighted by molar-refractivity contribution is 0.739. The Morgan fingerprint density at radius 3 is 2.55 bits per heavy atom. The molecule has 0 saturated carbocycles. The molecule has 0 amide bonds. The molecule has 0 radical (unpaired) electrons. The third-order valence-corrected chi connectivity index (χ3v) is 3.11. The maximum atomic E-state index is 5.66. The number of nitrogens with two attached hydrogens (primary N) is 1. The van der Waals surface area contributed by atoms with Gasteiger partial charge in [0.15, 0.2) is 0 Å². The number of rotatable bonds is 5. The first kappa shape index (κ1) is 14.1. The maximum absolute atomic E-state index is 5.66. The molecule has 0 unspecified atom stereocenters. The third-order valence-electron chi connectivity index (χ3n) is 3.11. The van der Waals surface area contributed by atoms with Crippen LogP contribution in [0.4, 0.5) is 5.69 Å². The van der Waals surface area contributed by atoms with Crippen LogP contribution in [-0.4, -0.2) is 10.7 Å². The van der Waals surface area contributed by atoms with Crippen LogP contribution in [0.3, 0.4) is 0 Å². The molecule has 0 aliphatic rings. The molecule has 2 aromatic rings. The zero-order valence-corrected chi connectivity index (χ0v) is 11.9. The Bertz CT molecular complexity index is 570. The molecule has 0 aliphatic heterocycles. The summed E-state index contributed by atoms with van der Waals surface area (Å²) in [5.74, 6) is 0. The molecule has 1 aromatic carbocycles. The quantitative estimate of drug-likeness (QED) is 0.498. The van der Waals surface area contributed by atoms with E-state index in [9.17, 15) is 0 Å². The number of hydrogen-bond donors (Lipinski definition) is 2. The lowest BCUT2D eigenvalue weighted by atomic mass is 10.1. The van der Waals surface area contributed by atoms with Crippen LogP contribution in [0.1, 0.15) is 30.7 Å². The molecule has 0 fully saturated rings. The van der Waals surface area contributed by atoms with E-state index in [4.69, 9.17) is 5.73 Å². The minimum Gasteiger partial charge on any atom is -0.399 e. The summed E-state index contributed by atoms with van der Waals surface area (Å²) < 4.78 is 0. The predicted molar refractivity (Wildman–Crippen MR) is 83.5 cm³/mol. The van der Waals surface area contributed by atoms with Crippen molar-refractivity contribution in [2.45, 2.75) is 26.8 Å². The zero-order valence-electron chi connectivity index (χ0n) is 11.9. The molecule has 4 heteroatoms. The maximum Gasteiger partial charge on any atom is 0.0644 e. The Kier molecular flexibility index (Phi) is 4.71. The van der Waals surface area contributed by atoms with Crippen molar-refractivity contribution in [3.63, 3.8) is 0 Å². The van der Waals surface area contributed by atoms with Crippen LogP contribution < -0.4 is 11.2 Å². The molecule has 0 bridgehead atoms. The van der Waals surface area contributed by atoms with Gasteiger partial charge in [-0.15, -0.1) is 0 Å². The van der Waals surface area contributed by atoms with Gasteiger partial charge in [-0.2, -0.15) is 5.10 Å². The molecule has 0 atom stereocenters. The Balaban J connectivity index is 1.93. The number of aryl methyl sites for hydroxylation is 1. The number of aromatic nitrogens is 1. The minimum atomic E-state index is 0.670. The smallest absolute Gasteiger partial charge is 0.0644 e. The molecule has 0 saturated heterocycles. The van der Waals surface area contributed by atoms with Crippen molar-refractivity contribution in [2.75, 3.05) is 5.73 Å². The van der Waals surface area contributed by atoms with Crippen LogP contribution in [0.15, 0.2) is 47.7 Å². The third kappa shape index (κ3) is 3.82. The first-order chi connectivity index (χ1) is 9.69. The number of nitrogens with zero attached hydrogens (tertiary/aromatic N) is 2. The Morgan fingerprint density at radius 1 is 1.20 bits per heavy atom. The number of anilines is 1. The van der Waals surface area contributed by atoms with E-state index < -0.39 is 0 Å². The summed E-state index contributed by atoms with van der Waals surface area (Å²) >= 11 is 0. The fourth-order valence-electron chi connectivity index (χ4n) is 1.81. The average molecular weight is 268 g/mol. The predicted octanol–water partition coefficient (Wildman–Crippen LogP) is 2.74. The second kappa shape index (κ2) is 6.70. The van der Waals surface area contributed by atoms with Crippen molar-refractivity contribution in [1.82, 2.24) is 10.4 Å². The van der Waals surface area contributed by atoms with Crippen LogP contribution in [0.5, 0.6) is 0 Å². The summed E-state index contributed by atoms with van der Waals surface area (Å²) in [4.78, 5) is 4.36. The molecule has 0 aliphatic carbocycles. The fraction of sp³-hybridized carbons (Fsp3) is 0.250. The number of benzene rings is 1. The number of hydrogen-bond acceptors (Lipinski definition) is 4. The van der Waals surface area contributed by atoms with Crippen molar-refractivity contribution in [3.05, 3.63) is 59.4 Å². The van der Waals surface area contributed by atoms with Crippen molar-refractivity contribution in [3.8, 4) is 0 Å². The summed E-state index contributed by atoms with van der Waals surface area (Å²) in [7, 11) is 0. The molecule has 4 nitrogen and oxygen atoms in total. The lowest BCUT2D eigenvalue weighted by Gasteiger charge is -2.05. The topological polar surface area (TPSA) is 63.3 Å². The van der Waals surface area contributed by atoms with Gasteiger partial charge in [-0.05, 0) is 42.7 Å². The Labute approximate surface area is 119 Å². The number of nitrogen functional groups attached to an aromatic ring is 1. The Hall–Kier alpha value is -2.36. The molecular weight excluding hydrogens is 248 g/mol. The van der Waals surface area contributed by atoms with E-state index in [2.05, 4.69) is 28.5 Å². The van der Waals surface area contributed by atoms with E-state index in [0.29, 0.717) is 6.54 Å². The van der Waals surface area contributed by atoms with Gasteiger partial charge in [-0.1, -0.05) is 25.1 Å². The van der Waals surface area contributed by atoms with Gasteiger partial charge in [0, 0.05) is 17.6 Å². The van der Waals surface area contributed by atoms with E-state index in [1.54, 1.807) is 0 Å². The van der Waals surface area contributed by atoms with Gasteiger partial charge in [0.05, 0.1) is 12.3 Å². The van der Waals surface area contributed by atoms with Crippen LogP contribution in [0.25, 0.3) is 0 Å². The van der Waals surface area contributed by atoms with Crippen molar-refractivity contribution in [1.29, 1.82) is 0 Å². The number of hydrazone groups is 1. The highest BCUT2D eigenvalue weighted by Crippen LogP contribution is 2.06. The van der Waals surface area contributed by atoms with Crippen LogP contribution in [0.2, 0.25) is 0 Å². The summed E-state index contributed by atoms with van der Waals surface area (Å²) in [6, 6.07) is 11.8. The number of pyridine rings is 1. The second-order valence-electron chi connectivity index (χ2n) is 4.67. The first-order valence-corrected chi connectivity index (χ1v) is 6.76. The van der Waals surface area contributed by atoms with Crippen molar-refractivity contribution in [2.24, 2.45) is 5.10 Å². The highest BCUT2D eigenvalue weighted by Gasteiger charge is 1.97. The first-order valence-electron chi connectivity index (χ1n) is 6.76. The normalized spacial score (nSPS) is 11.4. The standard InChI is InChI=1S/C16H20N4/c1-3-16-9-4-13(10-18-16)11-19-20-12(2)14-5-7-15(17)8-6-14/h4-10,19H,3,11,17H2,1-2H3/b20-12+. The van der Waals surface area contributed by atoms with E-state index in [0.717, 1.165) is 34.6 Å². The molecule has 0 spiro atoms. The summed E-state index contributed by atoms with van der Waals surface area (Å²) in [5.41, 5.74) is 13.7. The van der Waals surface area contributed by atoms with Gasteiger partial charge in [-0.3, -0.25) is 4.98 Å². The van der Waals surface area contributed by atoms with E-state index >= 15 is 0 Å². The van der Waals surface area contributed by atoms with Gasteiger partial charge in [0.2, 0.25) is 0 Å². The van der Waals surface area contributed by atoms with Crippen molar-refractivity contribution >= 4 is 11.4 Å². The van der Waals surface area contributed by atoms with Gasteiger partial charge in [0.1, 0.15) is 0 Å². The van der Waals surface area contributed by atoms with E-state index in [1.807, 2.05) is 43.5 Å². The summed E-state index contributed by atoms with van der Waals surface area (Å²) in [6.45, 7) is 4.74. The van der Waals surface area contributed by atoms with E-state index in [1.165, 1.54) is 0 Å². The summed E-state index contributed by atoms with van der Waals surface area (Å²) in [6.07, 6.45) is 2.85. The largest absolute Gasteiger partial charge is 0.399 e. The van der Waals surface area contributed by atoms with Gasteiger partial charge in [-0.25, -0.2) is 0 Å². The minimum absolute atomic E-state index is 0.670. The molecule has 3 N–H and O–H groups in total. The zero-order chi connectivity index (χ0) is 14.4. The molecule has 1 aromatic heterocycles. The van der Waals surface area contributed by atoms with Crippen LogP contribution in [0, 0.1) is 0 Å². The fourth-order valence-corrected chi connectivity index (χ4v) is 1.81. The van der Waals surface area contributed by atoms with Crippen LogP contribution in [-0.2, 0) is 13.0 Å². The molecular formula is C16H20N4. The lowest BCUT2D eigenvalue weighted by Crippen LogP contribution is -2.09. The SMILES string of the molecule is CCc1ccc(CN/N=C(\C)c2ccc(N)cc2)cn1. The highest BCUT2D eigenvalue weighted by molar-refractivity contribution is 5.98. The van der Waals surface area contributed by atoms with Crippen LogP contribution >= 0.6 is 0 Å². The average Bonchev–Trinajstić information content (AvgIpc) is 2.48. The van der Waals surface area contributed by atoms with Crippen molar-refractivity contribution < 1.29 is 0 Å². The second-order valence-corrected chi connectivity index (χ2v) is 4.67. The molecule has 104 valence electrons. The highest BCUT2D eigenvalue weighted by atomic mass is 15.3. The van der Waals surface area contributed by atoms with Gasteiger partial charge < -0.3 is 11.2 Å². The molecule has 20 heavy (non-hydrogen) atoms. The number of nitrogens with one attached hydrogen (secondary N) is 1. The summed E-state index contributed by atoms with van der Waals surface area (Å²) in [5, 5.41) is 4.36. The van der Waals surface area contributed by atoms with Gasteiger partial charge in [0.25, 0.3) is 0 Å².